The molecule has 0 amide bonds. The zero-order valence-corrected chi connectivity index (χ0v) is 14.8. The van der Waals surface area contributed by atoms with Crippen LogP contribution < -0.4 is 0 Å². The normalized spacial score (nSPS) is 12.7. The van der Waals surface area contributed by atoms with Gasteiger partial charge in [-0.3, -0.25) is 4.98 Å². The number of aromatic nitrogens is 4. The molecule has 0 aliphatic rings. The molecule has 6 nitrogen and oxygen atoms in total. The van der Waals surface area contributed by atoms with Crippen molar-refractivity contribution in [1.82, 2.24) is 19.6 Å². The third-order valence-corrected chi connectivity index (χ3v) is 5.63. The van der Waals surface area contributed by atoms with Gasteiger partial charge in [-0.05, 0) is 24.1 Å². The van der Waals surface area contributed by atoms with E-state index in [0.717, 1.165) is 16.1 Å². The summed E-state index contributed by atoms with van der Waals surface area (Å²) in [6, 6.07) is 3.73. The molecule has 0 atom stereocenters. The van der Waals surface area contributed by atoms with Crippen molar-refractivity contribution in [3.8, 4) is 11.4 Å². The van der Waals surface area contributed by atoms with E-state index in [1.54, 1.807) is 0 Å². The second-order valence-corrected chi connectivity index (χ2v) is 7.84. The maximum absolute atomic E-state index is 12.8. The number of fused-ring (bicyclic) bond motifs is 1. The Balaban J connectivity index is 2.20. The minimum absolute atomic E-state index is 0.0201. The highest BCUT2D eigenvalue weighted by atomic mass is 32.2. The average Bonchev–Trinajstić information content (AvgIpc) is 3.04. The van der Waals surface area contributed by atoms with E-state index >= 15 is 0 Å². The molecule has 0 saturated heterocycles. The molecule has 0 radical (unpaired) electrons. The first-order valence-corrected chi connectivity index (χ1v) is 9.46. The molecule has 0 aliphatic heterocycles. The molecular weight excluding hydrogens is 369 g/mol. The molecule has 0 saturated carbocycles. The molecule has 0 aromatic carbocycles. The van der Waals surface area contributed by atoms with Crippen molar-refractivity contribution in [3.05, 3.63) is 41.9 Å². The van der Waals surface area contributed by atoms with E-state index in [-0.39, 0.29) is 27.7 Å². The molecule has 3 heterocycles. The van der Waals surface area contributed by atoms with Crippen LogP contribution in [0.15, 0.2) is 35.5 Å². The van der Waals surface area contributed by atoms with Crippen molar-refractivity contribution in [2.45, 2.75) is 31.3 Å². The van der Waals surface area contributed by atoms with Gasteiger partial charge in [-0.25, -0.2) is 17.9 Å². The summed E-state index contributed by atoms with van der Waals surface area (Å²) in [4.78, 5) is 8.34. The Kier molecular flexibility index (Phi) is 4.47. The van der Waals surface area contributed by atoms with Crippen molar-refractivity contribution in [1.29, 1.82) is 0 Å². The number of aryl methyl sites for hydroxylation is 1. The van der Waals surface area contributed by atoms with Crippen molar-refractivity contribution in [2.24, 2.45) is 0 Å². The van der Waals surface area contributed by atoms with Crippen LogP contribution in [0.2, 0.25) is 0 Å². The number of nitrogens with zero attached hydrogens (tertiary/aromatic N) is 4. The summed E-state index contributed by atoms with van der Waals surface area (Å²) < 4.78 is 64.3. The van der Waals surface area contributed by atoms with E-state index in [9.17, 15) is 21.6 Å². The molecule has 0 fully saturated rings. The first-order valence-electron chi connectivity index (χ1n) is 7.81. The molecule has 3 aromatic heterocycles. The van der Waals surface area contributed by atoms with Gasteiger partial charge in [-0.2, -0.15) is 18.3 Å². The van der Waals surface area contributed by atoms with E-state index < -0.39 is 21.7 Å². The molecule has 0 spiro atoms. The molecule has 0 N–H and O–H groups in total. The fourth-order valence-electron chi connectivity index (χ4n) is 2.41. The third-order valence-electron chi connectivity index (χ3n) is 3.89. The summed E-state index contributed by atoms with van der Waals surface area (Å²) in [7, 11) is -3.59. The van der Waals surface area contributed by atoms with Gasteiger partial charge < -0.3 is 0 Å². The fourth-order valence-corrected chi connectivity index (χ4v) is 3.51. The highest BCUT2D eigenvalue weighted by molar-refractivity contribution is 7.91. The summed E-state index contributed by atoms with van der Waals surface area (Å²) in [5.74, 6) is -0.123. The van der Waals surface area contributed by atoms with Crippen molar-refractivity contribution in [3.63, 3.8) is 0 Å². The quantitative estimate of drug-likeness (QED) is 0.691. The van der Waals surface area contributed by atoms with Gasteiger partial charge in [0.1, 0.15) is 5.69 Å². The lowest BCUT2D eigenvalue weighted by atomic mass is 10.2. The maximum Gasteiger partial charge on any atom is 0.435 e. The summed E-state index contributed by atoms with van der Waals surface area (Å²) in [6.45, 7) is 3.38. The minimum atomic E-state index is -4.59. The fraction of sp³-hybridized carbons (Fsp3) is 0.312. The lowest BCUT2D eigenvalue weighted by Crippen LogP contribution is -2.08. The van der Waals surface area contributed by atoms with Crippen molar-refractivity contribution in [2.75, 3.05) is 5.75 Å². The number of pyridine rings is 1. The SMILES string of the molecule is CCc1cnc(-c2ccn3nc(C(F)(F)F)cc3n2)c(S(=O)(=O)CC)c1. The Bertz CT molecular complexity index is 1070. The van der Waals surface area contributed by atoms with E-state index in [2.05, 4.69) is 15.1 Å². The molecule has 138 valence electrons. The molecular formula is C16H15F3N4O2S. The second kappa shape index (κ2) is 6.35. The highest BCUT2D eigenvalue weighted by Gasteiger charge is 2.34. The van der Waals surface area contributed by atoms with Crippen molar-refractivity contribution >= 4 is 15.5 Å². The van der Waals surface area contributed by atoms with Crippen LogP contribution in [0.4, 0.5) is 13.2 Å². The Labute approximate surface area is 147 Å². The average molecular weight is 384 g/mol. The highest BCUT2D eigenvalue weighted by Crippen LogP contribution is 2.30. The van der Waals surface area contributed by atoms with Gasteiger partial charge in [0.2, 0.25) is 0 Å². The van der Waals surface area contributed by atoms with Crippen molar-refractivity contribution < 1.29 is 21.6 Å². The van der Waals surface area contributed by atoms with Crippen LogP contribution >= 0.6 is 0 Å². The molecule has 3 aromatic rings. The van der Waals surface area contributed by atoms with Crippen LogP contribution in [-0.2, 0) is 22.4 Å². The predicted molar refractivity (Wildman–Crippen MR) is 88.3 cm³/mol. The monoisotopic (exact) mass is 384 g/mol. The van der Waals surface area contributed by atoms with E-state index in [0.29, 0.717) is 6.42 Å². The number of halogens is 3. The lowest BCUT2D eigenvalue weighted by Gasteiger charge is -2.10. The molecule has 26 heavy (non-hydrogen) atoms. The number of alkyl halides is 3. The van der Waals surface area contributed by atoms with Gasteiger partial charge in [0.15, 0.2) is 21.2 Å². The summed E-state index contributed by atoms with van der Waals surface area (Å²) >= 11 is 0. The first-order chi connectivity index (χ1) is 12.2. The second-order valence-electron chi connectivity index (χ2n) is 5.59. The van der Waals surface area contributed by atoms with E-state index in [1.165, 1.54) is 31.5 Å². The molecule has 3 rings (SSSR count). The number of rotatable bonds is 4. The smallest absolute Gasteiger partial charge is 0.253 e. The largest absolute Gasteiger partial charge is 0.435 e. The predicted octanol–water partition coefficient (Wildman–Crippen LogP) is 3.17. The lowest BCUT2D eigenvalue weighted by molar-refractivity contribution is -0.141. The van der Waals surface area contributed by atoms with Crippen LogP contribution in [0.3, 0.4) is 0 Å². The maximum atomic E-state index is 12.8. The molecule has 0 aliphatic carbocycles. The Morgan fingerprint density at radius 2 is 1.92 bits per heavy atom. The van der Waals surface area contributed by atoms with Gasteiger partial charge >= 0.3 is 6.18 Å². The third kappa shape index (κ3) is 3.28. The Morgan fingerprint density at radius 1 is 1.19 bits per heavy atom. The number of hydrogen-bond donors (Lipinski definition) is 0. The van der Waals surface area contributed by atoms with Gasteiger partial charge in [-0.15, -0.1) is 0 Å². The Hall–Kier alpha value is -2.49. The Morgan fingerprint density at radius 3 is 2.54 bits per heavy atom. The molecule has 10 heteroatoms. The van der Waals surface area contributed by atoms with Crippen LogP contribution in [0, 0.1) is 0 Å². The zero-order chi connectivity index (χ0) is 19.1. The zero-order valence-electron chi connectivity index (χ0n) is 13.9. The summed E-state index contributed by atoms with van der Waals surface area (Å²) in [6.07, 6.45) is -1.16. The summed E-state index contributed by atoms with van der Waals surface area (Å²) in [5.41, 5.74) is -0.0958. The molecule has 0 unspecified atom stereocenters. The molecule has 0 bridgehead atoms. The number of sulfone groups is 1. The standard InChI is InChI=1S/C16H15F3N4O2S/c1-3-10-7-12(26(24,25)4-2)15(20-9-10)11-5-6-23-14(21-11)8-13(22-23)16(17,18)19/h5-9H,3-4H2,1-2H3. The van der Waals surface area contributed by atoms with Crippen LogP contribution in [-0.4, -0.2) is 33.8 Å². The topological polar surface area (TPSA) is 77.2 Å². The first kappa shape index (κ1) is 18.3. The van der Waals surface area contributed by atoms with Crippen LogP contribution in [0.5, 0.6) is 0 Å². The van der Waals surface area contributed by atoms with Crippen LogP contribution in [0.1, 0.15) is 25.1 Å². The number of hydrogen-bond acceptors (Lipinski definition) is 5. The van der Waals surface area contributed by atoms with Gasteiger partial charge in [0.05, 0.1) is 16.3 Å². The van der Waals surface area contributed by atoms with Gasteiger partial charge in [-0.1, -0.05) is 13.8 Å². The van der Waals surface area contributed by atoms with Gasteiger partial charge in [0.25, 0.3) is 0 Å². The van der Waals surface area contributed by atoms with Gasteiger partial charge in [0, 0.05) is 18.5 Å². The van der Waals surface area contributed by atoms with E-state index in [4.69, 9.17) is 0 Å². The van der Waals surface area contributed by atoms with E-state index in [1.807, 2.05) is 6.92 Å². The van der Waals surface area contributed by atoms with Crippen LogP contribution in [0.25, 0.3) is 17.0 Å². The minimum Gasteiger partial charge on any atom is -0.253 e. The summed E-state index contributed by atoms with van der Waals surface area (Å²) in [5, 5.41) is 3.42.